The maximum absolute atomic E-state index is 12.1. The first-order chi connectivity index (χ1) is 9.99. The van der Waals surface area contributed by atoms with E-state index in [9.17, 15) is 13.6 Å². The molecule has 1 aliphatic heterocycles. The Morgan fingerprint density at radius 1 is 1.57 bits per heavy atom. The molecule has 5 nitrogen and oxygen atoms in total. The topological polar surface area (TPSA) is 63.2 Å². The first kappa shape index (κ1) is 15.6. The third-order valence-corrected chi connectivity index (χ3v) is 3.44. The van der Waals surface area contributed by atoms with Crippen LogP contribution in [0.2, 0.25) is 0 Å². The van der Waals surface area contributed by atoms with Gasteiger partial charge in [0.05, 0.1) is 17.8 Å². The van der Waals surface area contributed by atoms with Crippen LogP contribution in [-0.4, -0.2) is 36.0 Å². The fraction of sp³-hybridized carbons (Fsp3) is 0.571. The van der Waals surface area contributed by atoms with Gasteiger partial charge in [0.1, 0.15) is 0 Å². The molecule has 1 amide bonds. The predicted molar refractivity (Wildman–Crippen MR) is 73.2 cm³/mol. The highest BCUT2D eigenvalue weighted by atomic mass is 19.3. The van der Waals surface area contributed by atoms with Gasteiger partial charge in [0.15, 0.2) is 6.61 Å². The van der Waals surface area contributed by atoms with Crippen molar-refractivity contribution in [2.45, 2.75) is 38.3 Å². The van der Waals surface area contributed by atoms with E-state index in [2.05, 4.69) is 15.6 Å². The fourth-order valence-corrected chi connectivity index (χ4v) is 2.24. The summed E-state index contributed by atoms with van der Waals surface area (Å²) in [7, 11) is 0. The molecule has 1 aromatic heterocycles. The van der Waals surface area contributed by atoms with Crippen molar-refractivity contribution >= 4 is 5.91 Å². The Bertz CT molecular complexity index is 491. The van der Waals surface area contributed by atoms with Crippen LogP contribution in [0.4, 0.5) is 8.78 Å². The highest BCUT2D eigenvalue weighted by Crippen LogP contribution is 2.18. The number of carbonyl (C=O) groups is 1. The van der Waals surface area contributed by atoms with E-state index in [1.807, 2.05) is 6.92 Å². The first-order valence-electron chi connectivity index (χ1n) is 6.90. The van der Waals surface area contributed by atoms with Crippen LogP contribution < -0.4 is 15.4 Å². The molecule has 0 aromatic carbocycles. The molecular formula is C14H19F2N3O2. The Morgan fingerprint density at radius 2 is 2.38 bits per heavy atom. The van der Waals surface area contributed by atoms with Crippen LogP contribution in [0.1, 0.15) is 25.5 Å². The Hall–Kier alpha value is -1.76. The second-order valence-corrected chi connectivity index (χ2v) is 5.21. The number of carbonyl (C=O) groups excluding carboxylic acids is 1. The van der Waals surface area contributed by atoms with Crippen molar-refractivity contribution in [1.29, 1.82) is 0 Å². The molecule has 0 spiro atoms. The first-order valence-corrected chi connectivity index (χ1v) is 6.90. The number of rotatable bonds is 6. The lowest BCUT2D eigenvalue weighted by molar-refractivity contribution is -0.126. The number of nitrogens with zero attached hydrogens (tertiary/aromatic N) is 1. The lowest BCUT2D eigenvalue weighted by atomic mass is 9.99. The molecule has 1 atom stereocenters. The second-order valence-electron chi connectivity index (χ2n) is 5.21. The molecule has 0 bridgehead atoms. The number of halogens is 2. The second kappa shape index (κ2) is 6.80. The summed E-state index contributed by atoms with van der Waals surface area (Å²) in [5.41, 5.74) is 0.0285. The highest BCUT2D eigenvalue weighted by Gasteiger charge is 2.35. The van der Waals surface area contributed by atoms with Crippen LogP contribution in [0.15, 0.2) is 18.2 Å². The maximum atomic E-state index is 12.1. The van der Waals surface area contributed by atoms with Crippen LogP contribution in [0, 0.1) is 0 Å². The van der Waals surface area contributed by atoms with Gasteiger partial charge in [-0.05, 0) is 32.4 Å². The van der Waals surface area contributed by atoms with Crippen LogP contribution in [0.3, 0.4) is 0 Å². The molecule has 2 heterocycles. The van der Waals surface area contributed by atoms with Gasteiger partial charge < -0.3 is 15.4 Å². The van der Waals surface area contributed by atoms with Crippen LogP contribution >= 0.6 is 0 Å². The van der Waals surface area contributed by atoms with Gasteiger partial charge in [-0.1, -0.05) is 6.07 Å². The van der Waals surface area contributed by atoms with Crippen molar-refractivity contribution in [3.8, 4) is 5.88 Å². The van der Waals surface area contributed by atoms with Gasteiger partial charge in [-0.2, -0.15) is 0 Å². The van der Waals surface area contributed by atoms with E-state index >= 15 is 0 Å². The molecule has 2 N–H and O–H groups in total. The molecule has 21 heavy (non-hydrogen) atoms. The van der Waals surface area contributed by atoms with Crippen LogP contribution in [-0.2, 0) is 11.3 Å². The van der Waals surface area contributed by atoms with E-state index in [1.165, 1.54) is 6.07 Å². The van der Waals surface area contributed by atoms with E-state index < -0.39 is 18.6 Å². The quantitative estimate of drug-likeness (QED) is 0.835. The van der Waals surface area contributed by atoms with Gasteiger partial charge in [-0.3, -0.25) is 4.79 Å². The molecule has 1 fully saturated rings. The van der Waals surface area contributed by atoms with E-state index in [-0.39, 0.29) is 18.3 Å². The average Bonchev–Trinajstić information content (AvgIpc) is 2.91. The number of pyridine rings is 1. The minimum Gasteiger partial charge on any atom is -0.472 e. The van der Waals surface area contributed by atoms with Gasteiger partial charge >= 0.3 is 0 Å². The number of ether oxygens (including phenoxy) is 1. The Labute approximate surface area is 122 Å². The maximum Gasteiger partial charge on any atom is 0.272 e. The molecule has 7 heteroatoms. The standard InChI is InChI=1S/C14H19F2N3O2/c1-14(6-3-7-18-14)13(20)17-8-10-4-2-5-12(19-10)21-9-11(15)16/h2,4-5,11,18H,3,6-9H2,1H3,(H,17,20)/t14-/m1/s1. The summed E-state index contributed by atoms with van der Waals surface area (Å²) in [4.78, 5) is 16.2. The Balaban J connectivity index is 1.88. The number of aromatic nitrogens is 1. The van der Waals surface area contributed by atoms with E-state index in [1.54, 1.807) is 12.1 Å². The highest BCUT2D eigenvalue weighted by molar-refractivity contribution is 5.86. The van der Waals surface area contributed by atoms with Crippen molar-refractivity contribution in [1.82, 2.24) is 15.6 Å². The minimum absolute atomic E-state index is 0.0827. The molecule has 0 radical (unpaired) electrons. The van der Waals surface area contributed by atoms with Crippen LogP contribution in [0.25, 0.3) is 0 Å². The SMILES string of the molecule is C[C@]1(C(=O)NCc2cccc(OCC(F)F)n2)CCCN1. The lowest BCUT2D eigenvalue weighted by Gasteiger charge is -2.22. The summed E-state index contributed by atoms with van der Waals surface area (Å²) in [6.45, 7) is 2.25. The zero-order valence-corrected chi connectivity index (χ0v) is 11.9. The Kier molecular flexibility index (Phi) is 5.06. The van der Waals surface area contributed by atoms with Gasteiger partial charge in [-0.25, -0.2) is 13.8 Å². The monoisotopic (exact) mass is 299 g/mol. The molecule has 0 aliphatic carbocycles. The normalized spacial score (nSPS) is 21.5. The molecule has 116 valence electrons. The van der Waals surface area contributed by atoms with E-state index in [0.29, 0.717) is 5.69 Å². The smallest absolute Gasteiger partial charge is 0.272 e. The number of nitrogens with one attached hydrogen (secondary N) is 2. The summed E-state index contributed by atoms with van der Waals surface area (Å²) in [6, 6.07) is 4.87. The van der Waals surface area contributed by atoms with E-state index in [0.717, 1.165) is 19.4 Å². The van der Waals surface area contributed by atoms with Crippen molar-refractivity contribution < 1.29 is 18.3 Å². The zero-order valence-electron chi connectivity index (χ0n) is 11.9. The average molecular weight is 299 g/mol. The molecule has 0 unspecified atom stereocenters. The summed E-state index contributed by atoms with van der Waals surface area (Å²) >= 11 is 0. The third kappa shape index (κ3) is 4.35. The molecule has 0 saturated carbocycles. The van der Waals surface area contributed by atoms with Gasteiger partial charge in [-0.15, -0.1) is 0 Å². The number of amides is 1. The summed E-state index contributed by atoms with van der Waals surface area (Å²) < 4.78 is 29.0. The van der Waals surface area contributed by atoms with Crippen molar-refractivity contribution in [2.24, 2.45) is 0 Å². The predicted octanol–water partition coefficient (Wildman–Crippen LogP) is 1.48. The van der Waals surface area contributed by atoms with Gasteiger partial charge in [0, 0.05) is 6.07 Å². The molecular weight excluding hydrogens is 280 g/mol. The van der Waals surface area contributed by atoms with Crippen molar-refractivity contribution in [3.05, 3.63) is 23.9 Å². The van der Waals surface area contributed by atoms with E-state index in [4.69, 9.17) is 4.74 Å². The molecule has 1 aromatic rings. The van der Waals surface area contributed by atoms with Crippen molar-refractivity contribution in [2.75, 3.05) is 13.2 Å². The zero-order chi connectivity index (χ0) is 15.3. The summed E-state index contributed by atoms with van der Waals surface area (Å²) in [6.07, 6.45) is -0.772. The molecule has 2 rings (SSSR count). The Morgan fingerprint density at radius 3 is 3.05 bits per heavy atom. The summed E-state index contributed by atoms with van der Waals surface area (Å²) in [5.74, 6) is 0.0490. The molecule has 1 aliphatic rings. The summed E-state index contributed by atoms with van der Waals surface area (Å²) in [5, 5.41) is 5.98. The van der Waals surface area contributed by atoms with Gasteiger partial charge in [0.2, 0.25) is 11.8 Å². The molecule has 1 saturated heterocycles. The number of hydrogen-bond acceptors (Lipinski definition) is 4. The fourth-order valence-electron chi connectivity index (χ4n) is 2.24. The lowest BCUT2D eigenvalue weighted by Crippen LogP contribution is -2.50. The van der Waals surface area contributed by atoms with Crippen molar-refractivity contribution in [3.63, 3.8) is 0 Å². The number of alkyl halides is 2. The van der Waals surface area contributed by atoms with Gasteiger partial charge in [0.25, 0.3) is 6.43 Å². The largest absolute Gasteiger partial charge is 0.472 e. The third-order valence-electron chi connectivity index (χ3n) is 3.44. The van der Waals surface area contributed by atoms with Crippen LogP contribution in [0.5, 0.6) is 5.88 Å². The minimum atomic E-state index is -2.54. The number of hydrogen-bond donors (Lipinski definition) is 2.